The van der Waals surface area contributed by atoms with Gasteiger partial charge in [-0.3, -0.25) is 4.90 Å². The van der Waals surface area contributed by atoms with Crippen molar-refractivity contribution in [2.45, 2.75) is 45.1 Å². The molecule has 0 N–H and O–H groups in total. The minimum atomic E-state index is -3.37. The molecule has 1 saturated carbocycles. The first-order chi connectivity index (χ1) is 10.7. The van der Waals surface area contributed by atoms with Gasteiger partial charge in [-0.25, -0.2) is 8.42 Å². The Balaban J connectivity index is 1.97. The average molecular weight is 343 g/mol. The van der Waals surface area contributed by atoms with Gasteiger partial charge in [0.1, 0.15) is 0 Å². The van der Waals surface area contributed by atoms with Crippen molar-refractivity contribution in [3.63, 3.8) is 0 Å². The van der Waals surface area contributed by atoms with Gasteiger partial charge in [0, 0.05) is 38.8 Å². The molecule has 6 nitrogen and oxygen atoms in total. The number of ether oxygens (including phenoxy) is 1. The summed E-state index contributed by atoms with van der Waals surface area (Å²) < 4.78 is 32.3. The Hall–Kier alpha value is -0.680. The van der Waals surface area contributed by atoms with Crippen molar-refractivity contribution in [3.05, 3.63) is 0 Å². The molecule has 2 aliphatic rings. The minimum absolute atomic E-state index is 0.0159. The van der Waals surface area contributed by atoms with Crippen LogP contribution in [0.2, 0.25) is 0 Å². The van der Waals surface area contributed by atoms with Gasteiger partial charge in [-0.05, 0) is 26.7 Å². The molecule has 132 valence electrons. The lowest BCUT2D eigenvalue weighted by Crippen LogP contribution is -2.57. The summed E-state index contributed by atoms with van der Waals surface area (Å²) in [5, 5.41) is 9.43. The molecule has 1 saturated heterocycles. The van der Waals surface area contributed by atoms with Gasteiger partial charge in [-0.15, -0.1) is 0 Å². The first kappa shape index (κ1) is 18.7. The SMILES string of the molecule is COCC(C)(C)N1CCN(S(=O)(=O)CC2(C#N)CCCC2)CC1. The highest BCUT2D eigenvalue weighted by atomic mass is 32.2. The molecule has 2 rings (SSSR count). The molecule has 1 heterocycles. The van der Waals surface area contributed by atoms with E-state index in [0.717, 1.165) is 12.8 Å². The monoisotopic (exact) mass is 343 g/mol. The molecule has 0 atom stereocenters. The summed E-state index contributed by atoms with van der Waals surface area (Å²) in [4.78, 5) is 2.28. The third-order valence-corrected chi connectivity index (χ3v) is 7.31. The first-order valence-corrected chi connectivity index (χ1v) is 9.99. The van der Waals surface area contributed by atoms with E-state index in [1.807, 2.05) is 0 Å². The normalized spacial score (nSPS) is 23.7. The van der Waals surface area contributed by atoms with Crippen LogP contribution in [0.5, 0.6) is 0 Å². The molecule has 0 radical (unpaired) electrons. The highest BCUT2D eigenvalue weighted by molar-refractivity contribution is 7.89. The van der Waals surface area contributed by atoms with E-state index in [4.69, 9.17) is 4.74 Å². The molecule has 0 aromatic carbocycles. The standard InChI is InChI=1S/C16H29N3O3S/c1-15(2,13-22-3)18-8-10-19(11-9-18)23(20,21)14-16(12-17)6-4-5-7-16/h4-11,13-14H2,1-3H3. The second-order valence-corrected chi connectivity index (χ2v) is 9.46. The molecule has 2 fully saturated rings. The number of nitriles is 1. The number of piperazine rings is 1. The Labute approximate surface area is 140 Å². The van der Waals surface area contributed by atoms with E-state index in [9.17, 15) is 13.7 Å². The molecule has 0 spiro atoms. The van der Waals surface area contributed by atoms with Crippen molar-refractivity contribution in [1.82, 2.24) is 9.21 Å². The van der Waals surface area contributed by atoms with E-state index in [2.05, 4.69) is 24.8 Å². The summed E-state index contributed by atoms with van der Waals surface area (Å²) >= 11 is 0. The van der Waals surface area contributed by atoms with Gasteiger partial charge in [0.15, 0.2) is 0 Å². The lowest BCUT2D eigenvalue weighted by molar-refractivity contribution is 0.0152. The van der Waals surface area contributed by atoms with E-state index < -0.39 is 15.4 Å². The van der Waals surface area contributed by atoms with Gasteiger partial charge in [0.25, 0.3) is 0 Å². The number of hydrogen-bond donors (Lipinski definition) is 0. The molecular formula is C16H29N3O3S. The number of hydrogen-bond acceptors (Lipinski definition) is 5. The van der Waals surface area contributed by atoms with Crippen molar-refractivity contribution < 1.29 is 13.2 Å². The predicted molar refractivity (Wildman–Crippen MR) is 89.4 cm³/mol. The van der Waals surface area contributed by atoms with Crippen LogP contribution >= 0.6 is 0 Å². The average Bonchev–Trinajstić information content (AvgIpc) is 2.96. The zero-order valence-corrected chi connectivity index (χ0v) is 15.4. The van der Waals surface area contributed by atoms with Gasteiger partial charge in [-0.2, -0.15) is 9.57 Å². The summed E-state index contributed by atoms with van der Waals surface area (Å²) in [7, 11) is -1.68. The van der Waals surface area contributed by atoms with E-state index in [1.54, 1.807) is 11.4 Å². The lowest BCUT2D eigenvalue weighted by atomic mass is 9.91. The maximum Gasteiger partial charge on any atom is 0.215 e. The number of nitrogens with zero attached hydrogens (tertiary/aromatic N) is 3. The maximum atomic E-state index is 12.7. The molecule has 0 unspecified atom stereocenters. The van der Waals surface area contributed by atoms with Crippen LogP contribution < -0.4 is 0 Å². The molecule has 0 aromatic heterocycles. The third kappa shape index (κ3) is 4.24. The predicted octanol–water partition coefficient (Wildman–Crippen LogP) is 1.44. The maximum absolute atomic E-state index is 12.7. The van der Waals surface area contributed by atoms with Crippen LogP contribution in [0.1, 0.15) is 39.5 Å². The van der Waals surface area contributed by atoms with Gasteiger partial charge < -0.3 is 4.74 Å². The lowest BCUT2D eigenvalue weighted by Gasteiger charge is -2.43. The molecule has 0 aromatic rings. The quantitative estimate of drug-likeness (QED) is 0.730. The fourth-order valence-corrected chi connectivity index (χ4v) is 5.75. The second kappa shape index (κ2) is 7.06. The van der Waals surface area contributed by atoms with Crippen LogP contribution in [0.4, 0.5) is 0 Å². The molecule has 23 heavy (non-hydrogen) atoms. The Morgan fingerprint density at radius 2 is 1.74 bits per heavy atom. The smallest absolute Gasteiger partial charge is 0.215 e. The zero-order chi connectivity index (χ0) is 17.1. The van der Waals surface area contributed by atoms with E-state index in [1.165, 1.54) is 0 Å². The van der Waals surface area contributed by atoms with Crippen molar-refractivity contribution in [2.24, 2.45) is 5.41 Å². The molecule has 1 aliphatic carbocycles. The van der Waals surface area contributed by atoms with E-state index in [0.29, 0.717) is 45.6 Å². The zero-order valence-electron chi connectivity index (χ0n) is 14.5. The number of sulfonamides is 1. The van der Waals surface area contributed by atoms with Gasteiger partial charge in [0.2, 0.25) is 10.0 Å². The summed E-state index contributed by atoms with van der Waals surface area (Å²) in [5.74, 6) is -0.0159. The summed E-state index contributed by atoms with van der Waals surface area (Å²) in [6, 6.07) is 2.29. The first-order valence-electron chi connectivity index (χ1n) is 8.38. The third-order valence-electron chi connectivity index (χ3n) is 5.24. The van der Waals surface area contributed by atoms with Crippen LogP contribution in [-0.4, -0.2) is 68.8 Å². The topological polar surface area (TPSA) is 73.6 Å². The summed E-state index contributed by atoms with van der Waals surface area (Å²) in [6.07, 6.45) is 3.34. The Morgan fingerprint density at radius 1 is 1.17 bits per heavy atom. The molecule has 1 aliphatic heterocycles. The van der Waals surface area contributed by atoms with Crippen LogP contribution in [-0.2, 0) is 14.8 Å². The van der Waals surface area contributed by atoms with Crippen molar-refractivity contribution in [2.75, 3.05) is 45.6 Å². The molecule has 0 amide bonds. The van der Waals surface area contributed by atoms with Gasteiger partial charge >= 0.3 is 0 Å². The molecule has 7 heteroatoms. The van der Waals surface area contributed by atoms with Crippen molar-refractivity contribution >= 4 is 10.0 Å². The summed E-state index contributed by atoms with van der Waals surface area (Å²) in [6.45, 7) is 7.25. The van der Waals surface area contributed by atoms with Crippen molar-refractivity contribution in [1.29, 1.82) is 5.26 Å². The number of methoxy groups -OCH3 is 1. The minimum Gasteiger partial charge on any atom is -0.383 e. The van der Waals surface area contributed by atoms with E-state index >= 15 is 0 Å². The second-order valence-electron chi connectivity index (χ2n) is 7.49. The Kier molecular flexibility index (Phi) is 5.72. The molecular weight excluding hydrogens is 314 g/mol. The van der Waals surface area contributed by atoms with Gasteiger partial charge in [0.05, 0.1) is 23.8 Å². The Bertz CT molecular complexity index is 539. The van der Waals surface area contributed by atoms with Crippen LogP contribution in [0.3, 0.4) is 0 Å². The summed E-state index contributed by atoms with van der Waals surface area (Å²) in [5.41, 5.74) is -0.755. The highest BCUT2D eigenvalue weighted by Gasteiger charge is 2.42. The van der Waals surface area contributed by atoms with Crippen LogP contribution in [0, 0.1) is 16.7 Å². The van der Waals surface area contributed by atoms with E-state index in [-0.39, 0.29) is 11.3 Å². The van der Waals surface area contributed by atoms with Gasteiger partial charge in [-0.1, -0.05) is 12.8 Å². The fourth-order valence-electron chi connectivity index (χ4n) is 3.80. The fraction of sp³-hybridized carbons (Fsp3) is 0.938. The largest absolute Gasteiger partial charge is 0.383 e. The van der Waals surface area contributed by atoms with Crippen LogP contribution in [0.15, 0.2) is 0 Å². The van der Waals surface area contributed by atoms with Crippen molar-refractivity contribution in [3.8, 4) is 6.07 Å². The highest BCUT2D eigenvalue weighted by Crippen LogP contribution is 2.39. The number of rotatable bonds is 6. The Morgan fingerprint density at radius 3 is 2.22 bits per heavy atom. The molecule has 0 bridgehead atoms. The van der Waals surface area contributed by atoms with Crippen LogP contribution in [0.25, 0.3) is 0 Å².